The van der Waals surface area contributed by atoms with E-state index in [1.54, 1.807) is 19.3 Å². The molecule has 4 aliphatic rings. The lowest BCUT2D eigenvalue weighted by Crippen LogP contribution is -2.55. The quantitative estimate of drug-likeness (QED) is 0.346. The van der Waals surface area contributed by atoms with Gasteiger partial charge in [-0.2, -0.15) is 0 Å². The average Bonchev–Trinajstić information content (AvgIpc) is 2.91. The van der Waals surface area contributed by atoms with Crippen LogP contribution in [0.2, 0.25) is 0 Å². The van der Waals surface area contributed by atoms with Crippen LogP contribution in [0.4, 0.5) is 0 Å². The van der Waals surface area contributed by atoms with Crippen LogP contribution in [0.5, 0.6) is 0 Å². The molecule has 0 amide bonds. The molecule has 4 rings (SSSR count). The highest BCUT2D eigenvalue weighted by atomic mass is 16.7. The maximum Gasteiger partial charge on any atom is 0.316 e. The summed E-state index contributed by atoms with van der Waals surface area (Å²) in [5.74, 6) is -1.53. The Morgan fingerprint density at radius 3 is 2.62 bits per heavy atom. The monoisotopic (exact) mass is 558 g/mol. The summed E-state index contributed by atoms with van der Waals surface area (Å²) >= 11 is 0. The van der Waals surface area contributed by atoms with E-state index in [0.717, 1.165) is 37.7 Å². The standard InChI is InChI=1S/C33H50O7/c1-7-29-23(4)13-14-32(40-29)18-27-17-26(39-32)12-11-22(3)15-21(2)9-8-10-25(20-34)33(36)19-30(37-6)24(5)16-28(33)31(35)38-27/h8-11,16,21,23,26-30,34,36H,7,12-15,17-20H2,1-6H3/b9-8-,22-11-,25-10-/t21-,23-,26+,27-,28-,29+,30-,32+,33+/m0/s1. The summed E-state index contributed by atoms with van der Waals surface area (Å²) in [5, 5.41) is 22.4. The summed E-state index contributed by atoms with van der Waals surface area (Å²) in [4.78, 5) is 13.9. The smallest absolute Gasteiger partial charge is 0.316 e. The van der Waals surface area contributed by atoms with Gasteiger partial charge in [0.05, 0.1) is 24.9 Å². The number of carbonyl (C=O) groups is 1. The number of aliphatic hydroxyl groups is 2. The molecule has 7 nitrogen and oxygen atoms in total. The van der Waals surface area contributed by atoms with Gasteiger partial charge < -0.3 is 29.2 Å². The molecular formula is C33H50O7. The second-order valence-corrected chi connectivity index (χ2v) is 12.7. The molecule has 9 atom stereocenters. The molecule has 0 aromatic heterocycles. The Bertz CT molecular complexity index is 1030. The first kappa shape index (κ1) is 31.2. The average molecular weight is 559 g/mol. The lowest BCUT2D eigenvalue weighted by Gasteiger charge is -2.50. The zero-order valence-corrected chi connectivity index (χ0v) is 25.2. The van der Waals surface area contributed by atoms with Gasteiger partial charge in [0.1, 0.15) is 17.6 Å². The summed E-state index contributed by atoms with van der Waals surface area (Å²) in [5.41, 5.74) is 0.868. The van der Waals surface area contributed by atoms with Gasteiger partial charge in [-0.1, -0.05) is 56.7 Å². The Kier molecular flexibility index (Phi) is 10.2. The number of fused-ring (bicyclic) bond motifs is 3. The highest BCUT2D eigenvalue weighted by Crippen LogP contribution is 2.45. The minimum atomic E-state index is -1.64. The number of carbonyl (C=O) groups excluding carboxylic acids is 1. The lowest BCUT2D eigenvalue weighted by atomic mass is 9.71. The molecule has 1 spiro atoms. The maximum atomic E-state index is 13.9. The van der Waals surface area contributed by atoms with E-state index in [2.05, 4.69) is 39.8 Å². The van der Waals surface area contributed by atoms with Gasteiger partial charge in [0.25, 0.3) is 0 Å². The van der Waals surface area contributed by atoms with Crippen LogP contribution in [-0.4, -0.2) is 65.7 Å². The van der Waals surface area contributed by atoms with Gasteiger partial charge in [-0.3, -0.25) is 4.79 Å². The normalized spacial score (nSPS) is 44.9. The summed E-state index contributed by atoms with van der Waals surface area (Å²) < 4.78 is 25.2. The minimum Gasteiger partial charge on any atom is -0.462 e. The molecule has 0 unspecified atom stereocenters. The summed E-state index contributed by atoms with van der Waals surface area (Å²) in [6.45, 7) is 10.2. The largest absolute Gasteiger partial charge is 0.462 e. The van der Waals surface area contributed by atoms with E-state index in [9.17, 15) is 15.0 Å². The van der Waals surface area contributed by atoms with Crippen molar-refractivity contribution in [3.05, 3.63) is 47.1 Å². The molecule has 3 heterocycles. The third kappa shape index (κ3) is 6.81. The molecule has 0 aromatic rings. The van der Waals surface area contributed by atoms with Crippen LogP contribution in [0.25, 0.3) is 0 Å². The van der Waals surface area contributed by atoms with Crippen molar-refractivity contribution in [1.29, 1.82) is 0 Å². The highest BCUT2D eigenvalue weighted by Gasteiger charge is 2.51. The van der Waals surface area contributed by atoms with Crippen molar-refractivity contribution >= 4 is 5.97 Å². The summed E-state index contributed by atoms with van der Waals surface area (Å²) in [6.07, 6.45) is 14.3. The Labute approximate surface area is 240 Å². The summed E-state index contributed by atoms with van der Waals surface area (Å²) in [6, 6.07) is 0. The molecule has 2 bridgehead atoms. The van der Waals surface area contributed by atoms with Crippen LogP contribution < -0.4 is 0 Å². The van der Waals surface area contributed by atoms with Crippen molar-refractivity contribution in [2.45, 2.75) is 122 Å². The first-order valence-corrected chi connectivity index (χ1v) is 15.2. The number of hydrogen-bond acceptors (Lipinski definition) is 7. The fourth-order valence-corrected chi connectivity index (χ4v) is 7.03. The molecule has 0 radical (unpaired) electrons. The number of ether oxygens (including phenoxy) is 4. The minimum absolute atomic E-state index is 0.101. The zero-order chi connectivity index (χ0) is 29.1. The molecule has 0 aromatic carbocycles. The molecule has 3 aliphatic heterocycles. The van der Waals surface area contributed by atoms with E-state index in [4.69, 9.17) is 18.9 Å². The van der Waals surface area contributed by atoms with Gasteiger partial charge in [-0.15, -0.1) is 0 Å². The fraction of sp³-hybridized carbons (Fsp3) is 0.727. The van der Waals surface area contributed by atoms with Gasteiger partial charge in [0.2, 0.25) is 0 Å². The zero-order valence-electron chi connectivity index (χ0n) is 25.2. The third-order valence-corrected chi connectivity index (χ3v) is 9.44. The van der Waals surface area contributed by atoms with Crippen molar-refractivity contribution in [3.8, 4) is 0 Å². The number of allylic oxidation sites excluding steroid dienone is 4. The molecule has 0 saturated carbocycles. The second kappa shape index (κ2) is 13.0. The molecule has 2 fully saturated rings. The van der Waals surface area contributed by atoms with Crippen molar-refractivity contribution < 1.29 is 34.0 Å². The van der Waals surface area contributed by atoms with Crippen LogP contribution in [-0.2, 0) is 23.7 Å². The van der Waals surface area contributed by atoms with Crippen LogP contribution in [0, 0.1) is 17.8 Å². The van der Waals surface area contributed by atoms with Gasteiger partial charge >= 0.3 is 5.97 Å². The van der Waals surface area contributed by atoms with Crippen molar-refractivity contribution in [2.24, 2.45) is 17.8 Å². The van der Waals surface area contributed by atoms with Crippen molar-refractivity contribution in [3.63, 3.8) is 0 Å². The number of aliphatic hydroxyl groups excluding tert-OH is 1. The predicted molar refractivity (Wildman–Crippen MR) is 154 cm³/mol. The van der Waals surface area contributed by atoms with E-state index < -0.39 is 29.4 Å². The van der Waals surface area contributed by atoms with Crippen molar-refractivity contribution in [2.75, 3.05) is 13.7 Å². The third-order valence-electron chi connectivity index (χ3n) is 9.44. The molecule has 2 N–H and O–H groups in total. The molecule has 1 aliphatic carbocycles. The van der Waals surface area contributed by atoms with Gasteiger partial charge in [0, 0.05) is 32.8 Å². The fourth-order valence-electron chi connectivity index (χ4n) is 7.03. The second-order valence-electron chi connectivity index (χ2n) is 12.7. The summed E-state index contributed by atoms with van der Waals surface area (Å²) in [7, 11) is 1.59. The lowest BCUT2D eigenvalue weighted by molar-refractivity contribution is -0.335. The van der Waals surface area contributed by atoms with Crippen LogP contribution >= 0.6 is 0 Å². The van der Waals surface area contributed by atoms with E-state index in [1.165, 1.54) is 5.57 Å². The number of esters is 1. The Balaban J connectivity index is 1.73. The van der Waals surface area contributed by atoms with Crippen LogP contribution in [0.3, 0.4) is 0 Å². The number of hydrogen-bond donors (Lipinski definition) is 2. The first-order valence-electron chi connectivity index (χ1n) is 15.2. The van der Waals surface area contributed by atoms with Gasteiger partial charge in [-0.05, 0) is 62.5 Å². The molecule has 40 heavy (non-hydrogen) atoms. The number of rotatable bonds is 3. The van der Waals surface area contributed by atoms with Crippen LogP contribution in [0.15, 0.2) is 47.1 Å². The first-order chi connectivity index (χ1) is 19.0. The predicted octanol–water partition coefficient (Wildman–Crippen LogP) is 5.56. The molecule has 7 heteroatoms. The van der Waals surface area contributed by atoms with Gasteiger partial charge in [-0.25, -0.2) is 0 Å². The number of methoxy groups -OCH3 is 1. The van der Waals surface area contributed by atoms with E-state index in [-0.39, 0.29) is 37.3 Å². The van der Waals surface area contributed by atoms with E-state index >= 15 is 0 Å². The SMILES string of the molecule is CC[C@H]1O[C@]2(CC[C@@H]1C)C[C@@H]1C[C@@H](C/C=C(/C)C[C@@H](C)/C=C\C=C(\CO)[C@]3(O)C[C@H](OC)C(C)=C[C@H]3C(=O)O1)O2. The van der Waals surface area contributed by atoms with E-state index in [0.29, 0.717) is 24.3 Å². The molecular weight excluding hydrogens is 508 g/mol. The Morgan fingerprint density at radius 2 is 1.93 bits per heavy atom. The Morgan fingerprint density at radius 1 is 1.15 bits per heavy atom. The molecule has 224 valence electrons. The van der Waals surface area contributed by atoms with Crippen molar-refractivity contribution in [1.82, 2.24) is 0 Å². The Hall–Kier alpha value is -1.77. The van der Waals surface area contributed by atoms with E-state index in [1.807, 2.05) is 13.0 Å². The molecule has 2 saturated heterocycles. The van der Waals surface area contributed by atoms with Crippen LogP contribution in [0.1, 0.15) is 86.0 Å². The van der Waals surface area contributed by atoms with Gasteiger partial charge in [0.15, 0.2) is 5.79 Å². The topological polar surface area (TPSA) is 94.5 Å². The maximum absolute atomic E-state index is 13.9. The highest BCUT2D eigenvalue weighted by molar-refractivity contribution is 5.78.